The van der Waals surface area contributed by atoms with Crippen LogP contribution >= 0.6 is 0 Å². The summed E-state index contributed by atoms with van der Waals surface area (Å²) in [6.45, 7) is 3.96. The van der Waals surface area contributed by atoms with Crippen LogP contribution in [0.25, 0.3) is 11.3 Å². The van der Waals surface area contributed by atoms with Gasteiger partial charge in [0.15, 0.2) is 0 Å². The minimum absolute atomic E-state index is 0.0581. The van der Waals surface area contributed by atoms with Gasteiger partial charge in [0.2, 0.25) is 0 Å². The van der Waals surface area contributed by atoms with E-state index >= 15 is 0 Å². The molecule has 0 atom stereocenters. The zero-order valence-electron chi connectivity index (χ0n) is 10.1. The van der Waals surface area contributed by atoms with Gasteiger partial charge in [-0.3, -0.25) is 10.1 Å². The Hall–Kier alpha value is -2.37. The fourth-order valence-electron chi connectivity index (χ4n) is 1.47. The molecular formula is C12H13N3O3. The summed E-state index contributed by atoms with van der Waals surface area (Å²) < 4.78 is 5.25. The van der Waals surface area contributed by atoms with Gasteiger partial charge in [-0.05, 0) is 26.0 Å². The van der Waals surface area contributed by atoms with Crippen LogP contribution in [0.1, 0.15) is 13.8 Å². The van der Waals surface area contributed by atoms with Crippen molar-refractivity contribution in [1.29, 1.82) is 0 Å². The molecule has 2 rings (SSSR count). The third kappa shape index (κ3) is 2.65. The molecule has 94 valence electrons. The number of rotatable bonds is 4. The lowest BCUT2D eigenvalue weighted by atomic mass is 10.1. The molecule has 1 heterocycles. The Bertz CT molecular complexity index is 546. The van der Waals surface area contributed by atoms with Crippen molar-refractivity contribution < 1.29 is 9.34 Å². The molecule has 1 aromatic heterocycles. The van der Waals surface area contributed by atoms with E-state index in [1.54, 1.807) is 12.1 Å². The SMILES string of the molecule is CC(C)Nc1nc(-c2ccc([N+](=O)[O-])cc2)co1. The van der Waals surface area contributed by atoms with Gasteiger partial charge in [0.1, 0.15) is 12.0 Å². The molecule has 1 N–H and O–H groups in total. The molecule has 0 radical (unpaired) electrons. The van der Waals surface area contributed by atoms with E-state index in [0.29, 0.717) is 11.7 Å². The predicted molar refractivity (Wildman–Crippen MR) is 67.4 cm³/mol. The second-order valence-electron chi connectivity index (χ2n) is 4.14. The lowest BCUT2D eigenvalue weighted by Crippen LogP contribution is -2.09. The highest BCUT2D eigenvalue weighted by molar-refractivity contribution is 5.61. The van der Waals surface area contributed by atoms with E-state index in [4.69, 9.17) is 4.42 Å². The maximum Gasteiger partial charge on any atom is 0.295 e. The van der Waals surface area contributed by atoms with E-state index in [0.717, 1.165) is 5.56 Å². The standard InChI is InChI=1S/C12H13N3O3/c1-8(2)13-12-14-11(7-18-12)9-3-5-10(6-4-9)15(16)17/h3-8H,1-2H3,(H,13,14). The summed E-state index contributed by atoms with van der Waals surface area (Å²) in [6, 6.07) is 6.86. The summed E-state index contributed by atoms with van der Waals surface area (Å²) in [5.74, 6) is 0. The van der Waals surface area contributed by atoms with Gasteiger partial charge in [0.25, 0.3) is 11.7 Å². The maximum atomic E-state index is 10.5. The third-order valence-corrected chi connectivity index (χ3v) is 2.29. The number of aromatic nitrogens is 1. The van der Waals surface area contributed by atoms with Gasteiger partial charge in [-0.15, -0.1) is 0 Å². The molecule has 0 aliphatic rings. The van der Waals surface area contributed by atoms with Crippen molar-refractivity contribution in [2.24, 2.45) is 0 Å². The molecule has 2 aromatic rings. The highest BCUT2D eigenvalue weighted by atomic mass is 16.6. The number of benzene rings is 1. The monoisotopic (exact) mass is 247 g/mol. The number of nitrogens with one attached hydrogen (secondary N) is 1. The first-order valence-electron chi connectivity index (χ1n) is 5.53. The fraction of sp³-hybridized carbons (Fsp3) is 0.250. The largest absolute Gasteiger partial charge is 0.432 e. The van der Waals surface area contributed by atoms with Gasteiger partial charge in [-0.2, -0.15) is 4.98 Å². The van der Waals surface area contributed by atoms with Crippen molar-refractivity contribution in [1.82, 2.24) is 4.98 Å². The Kier molecular flexibility index (Phi) is 3.27. The van der Waals surface area contributed by atoms with Crippen molar-refractivity contribution >= 4 is 11.7 Å². The minimum Gasteiger partial charge on any atom is -0.432 e. The number of oxazole rings is 1. The zero-order valence-corrected chi connectivity index (χ0v) is 10.1. The van der Waals surface area contributed by atoms with Crippen LogP contribution in [0.5, 0.6) is 0 Å². The Labute approximate surface area is 104 Å². The fourth-order valence-corrected chi connectivity index (χ4v) is 1.47. The van der Waals surface area contributed by atoms with Crippen LogP contribution in [0.4, 0.5) is 11.7 Å². The number of hydrogen-bond donors (Lipinski definition) is 1. The molecule has 0 amide bonds. The minimum atomic E-state index is -0.432. The van der Waals surface area contributed by atoms with Gasteiger partial charge in [-0.1, -0.05) is 0 Å². The Balaban J connectivity index is 2.20. The van der Waals surface area contributed by atoms with Gasteiger partial charge < -0.3 is 9.73 Å². The van der Waals surface area contributed by atoms with E-state index in [2.05, 4.69) is 10.3 Å². The molecule has 0 unspecified atom stereocenters. The van der Waals surface area contributed by atoms with Crippen LogP contribution in [-0.2, 0) is 0 Å². The molecule has 1 aromatic carbocycles. The number of non-ortho nitro benzene ring substituents is 1. The van der Waals surface area contributed by atoms with Crippen molar-refractivity contribution in [3.8, 4) is 11.3 Å². The van der Waals surface area contributed by atoms with E-state index in [9.17, 15) is 10.1 Å². The second-order valence-corrected chi connectivity index (χ2v) is 4.14. The summed E-state index contributed by atoms with van der Waals surface area (Å²) in [5, 5.41) is 13.6. The molecule has 0 spiro atoms. The molecule has 0 bridgehead atoms. The molecule has 6 heteroatoms. The molecule has 0 saturated heterocycles. The van der Waals surface area contributed by atoms with Crippen LogP contribution in [0.15, 0.2) is 34.9 Å². The third-order valence-electron chi connectivity index (χ3n) is 2.29. The van der Waals surface area contributed by atoms with Crippen molar-refractivity contribution in [3.05, 3.63) is 40.6 Å². The number of nitro benzene ring substituents is 1. The highest BCUT2D eigenvalue weighted by Gasteiger charge is 2.09. The summed E-state index contributed by atoms with van der Waals surface area (Å²) >= 11 is 0. The second kappa shape index (κ2) is 4.87. The summed E-state index contributed by atoms with van der Waals surface area (Å²) in [7, 11) is 0. The maximum absolute atomic E-state index is 10.5. The van der Waals surface area contributed by atoms with Crippen LogP contribution < -0.4 is 5.32 Å². The molecular weight excluding hydrogens is 234 g/mol. The summed E-state index contributed by atoms with van der Waals surface area (Å²) in [6.07, 6.45) is 1.52. The van der Waals surface area contributed by atoms with Gasteiger partial charge in [0.05, 0.1) is 4.92 Å². The first-order valence-corrected chi connectivity index (χ1v) is 5.53. The van der Waals surface area contributed by atoms with Crippen molar-refractivity contribution in [3.63, 3.8) is 0 Å². The van der Waals surface area contributed by atoms with E-state index in [1.807, 2.05) is 13.8 Å². The molecule has 0 aliphatic carbocycles. The van der Waals surface area contributed by atoms with E-state index < -0.39 is 4.92 Å². The molecule has 0 fully saturated rings. The van der Waals surface area contributed by atoms with Gasteiger partial charge in [-0.25, -0.2) is 0 Å². The number of anilines is 1. The van der Waals surface area contributed by atoms with E-state index in [1.165, 1.54) is 18.4 Å². The number of nitrogens with zero attached hydrogens (tertiary/aromatic N) is 2. The lowest BCUT2D eigenvalue weighted by Gasteiger charge is -2.02. The highest BCUT2D eigenvalue weighted by Crippen LogP contribution is 2.23. The van der Waals surface area contributed by atoms with Gasteiger partial charge >= 0.3 is 0 Å². The van der Waals surface area contributed by atoms with Crippen molar-refractivity contribution in [2.75, 3.05) is 5.32 Å². The Morgan fingerprint density at radius 3 is 2.56 bits per heavy atom. The first-order chi connectivity index (χ1) is 8.56. The van der Waals surface area contributed by atoms with Crippen LogP contribution in [0.2, 0.25) is 0 Å². The molecule has 0 saturated carbocycles. The van der Waals surface area contributed by atoms with Gasteiger partial charge in [0, 0.05) is 23.7 Å². The Morgan fingerprint density at radius 1 is 1.33 bits per heavy atom. The average molecular weight is 247 g/mol. The average Bonchev–Trinajstić information content (AvgIpc) is 2.76. The summed E-state index contributed by atoms with van der Waals surface area (Å²) in [5.41, 5.74) is 1.48. The predicted octanol–water partition coefficient (Wildman–Crippen LogP) is 3.07. The van der Waals surface area contributed by atoms with E-state index in [-0.39, 0.29) is 11.7 Å². The molecule has 6 nitrogen and oxygen atoms in total. The topological polar surface area (TPSA) is 81.2 Å². The Morgan fingerprint density at radius 2 is 2.00 bits per heavy atom. The molecule has 0 aliphatic heterocycles. The van der Waals surface area contributed by atoms with Crippen LogP contribution in [0.3, 0.4) is 0 Å². The quantitative estimate of drug-likeness (QED) is 0.663. The number of hydrogen-bond acceptors (Lipinski definition) is 5. The van der Waals surface area contributed by atoms with Crippen molar-refractivity contribution in [2.45, 2.75) is 19.9 Å². The summed E-state index contributed by atoms with van der Waals surface area (Å²) in [4.78, 5) is 14.4. The zero-order chi connectivity index (χ0) is 13.1. The first kappa shape index (κ1) is 12.1. The normalized spacial score (nSPS) is 10.6. The molecule has 18 heavy (non-hydrogen) atoms. The smallest absolute Gasteiger partial charge is 0.295 e. The lowest BCUT2D eigenvalue weighted by molar-refractivity contribution is -0.384. The number of nitro groups is 1. The van der Waals surface area contributed by atoms with Crippen LogP contribution in [-0.4, -0.2) is 15.9 Å². The van der Waals surface area contributed by atoms with Crippen LogP contribution in [0, 0.1) is 10.1 Å².